The van der Waals surface area contributed by atoms with Crippen LogP contribution in [0.3, 0.4) is 0 Å². The number of hydrogen-bond donors (Lipinski definition) is 3. The maximum atomic E-state index is 11.8. The number of hydrogen-bond acceptors (Lipinski definition) is 4. The molecule has 0 fully saturated rings. The Hall–Kier alpha value is -1.95. The quantitative estimate of drug-likeness (QED) is 0.755. The molecule has 0 spiro atoms. The molecule has 1 aromatic rings. The minimum Gasteiger partial charge on any atom is -0.477 e. The molecule has 0 aliphatic carbocycles. The van der Waals surface area contributed by atoms with Gasteiger partial charge in [0.2, 0.25) is 0 Å². The second-order valence-corrected chi connectivity index (χ2v) is 5.86. The van der Waals surface area contributed by atoms with Crippen LogP contribution in [0.15, 0.2) is 18.3 Å². The van der Waals surface area contributed by atoms with Crippen LogP contribution in [0.5, 0.6) is 0 Å². The summed E-state index contributed by atoms with van der Waals surface area (Å²) >= 11 is 0. The average molecular weight is 280 g/mol. The molecule has 1 rings (SSSR count). The zero-order valence-electron chi connectivity index (χ0n) is 11.9. The number of amides is 1. The van der Waals surface area contributed by atoms with E-state index in [-0.39, 0.29) is 23.2 Å². The van der Waals surface area contributed by atoms with E-state index in [0.29, 0.717) is 6.42 Å². The van der Waals surface area contributed by atoms with Gasteiger partial charge in [-0.15, -0.1) is 0 Å². The van der Waals surface area contributed by atoms with Gasteiger partial charge in [0.25, 0.3) is 5.91 Å². The number of nitrogens with zero attached hydrogens (tertiary/aromatic N) is 1. The van der Waals surface area contributed by atoms with Gasteiger partial charge in [0.1, 0.15) is 5.69 Å². The summed E-state index contributed by atoms with van der Waals surface area (Å²) < 4.78 is 0. The van der Waals surface area contributed by atoms with Gasteiger partial charge in [0.05, 0.1) is 6.10 Å². The molecule has 0 aliphatic heterocycles. The molecule has 3 N–H and O–H groups in total. The summed E-state index contributed by atoms with van der Waals surface area (Å²) in [7, 11) is 0. The van der Waals surface area contributed by atoms with E-state index in [4.69, 9.17) is 5.11 Å². The summed E-state index contributed by atoms with van der Waals surface area (Å²) in [5, 5.41) is 21.2. The van der Waals surface area contributed by atoms with Gasteiger partial charge in [-0.05, 0) is 24.0 Å². The molecule has 0 aliphatic rings. The number of aromatic carboxylic acids is 1. The largest absolute Gasteiger partial charge is 0.477 e. The lowest BCUT2D eigenvalue weighted by atomic mass is 9.89. The highest BCUT2D eigenvalue weighted by atomic mass is 16.4. The first kappa shape index (κ1) is 16.1. The summed E-state index contributed by atoms with van der Waals surface area (Å²) in [6, 6.07) is 2.63. The number of carboxylic acids is 1. The summed E-state index contributed by atoms with van der Waals surface area (Å²) in [5.74, 6) is -1.62. The highest BCUT2D eigenvalue weighted by Gasteiger charge is 2.18. The van der Waals surface area contributed by atoms with Crippen molar-refractivity contribution in [1.29, 1.82) is 0 Å². The number of carboxylic acid groups (broad SMARTS) is 1. The summed E-state index contributed by atoms with van der Waals surface area (Å²) in [4.78, 5) is 26.2. The molecule has 1 aromatic heterocycles. The van der Waals surface area contributed by atoms with Gasteiger partial charge < -0.3 is 15.5 Å². The predicted molar refractivity (Wildman–Crippen MR) is 73.6 cm³/mol. The van der Waals surface area contributed by atoms with Gasteiger partial charge in [-0.2, -0.15) is 0 Å². The van der Waals surface area contributed by atoms with Crippen LogP contribution in [0.2, 0.25) is 0 Å². The second kappa shape index (κ2) is 6.47. The molecule has 0 bridgehead atoms. The van der Waals surface area contributed by atoms with Crippen molar-refractivity contribution in [3.8, 4) is 0 Å². The maximum Gasteiger partial charge on any atom is 0.354 e. The molecule has 0 aromatic carbocycles. The monoisotopic (exact) mass is 280 g/mol. The SMILES string of the molecule is CC(C)(C)CC(O)CNC(=O)c1ccnc(C(=O)O)c1. The Kier molecular flexibility index (Phi) is 5.21. The third-order valence-electron chi connectivity index (χ3n) is 2.59. The molecule has 1 unspecified atom stereocenters. The average Bonchev–Trinajstić information content (AvgIpc) is 2.34. The Bertz CT molecular complexity index is 494. The zero-order valence-corrected chi connectivity index (χ0v) is 11.9. The number of carbonyl (C=O) groups is 2. The molecule has 1 amide bonds. The molecule has 0 saturated heterocycles. The third kappa shape index (κ3) is 5.36. The van der Waals surface area contributed by atoms with Crippen molar-refractivity contribution >= 4 is 11.9 Å². The van der Waals surface area contributed by atoms with E-state index in [1.165, 1.54) is 18.3 Å². The van der Waals surface area contributed by atoms with Crippen LogP contribution in [0.1, 0.15) is 48.0 Å². The number of pyridine rings is 1. The van der Waals surface area contributed by atoms with E-state index in [0.717, 1.165) is 0 Å². The van der Waals surface area contributed by atoms with E-state index in [2.05, 4.69) is 10.3 Å². The number of aliphatic hydroxyl groups excluding tert-OH is 1. The Balaban J connectivity index is 2.59. The Labute approximate surface area is 117 Å². The normalized spacial score (nSPS) is 12.8. The van der Waals surface area contributed by atoms with Crippen molar-refractivity contribution in [2.45, 2.75) is 33.3 Å². The maximum absolute atomic E-state index is 11.8. The smallest absolute Gasteiger partial charge is 0.354 e. The van der Waals surface area contributed by atoms with Crippen LogP contribution < -0.4 is 5.32 Å². The number of nitrogens with one attached hydrogen (secondary N) is 1. The number of aromatic nitrogens is 1. The fourth-order valence-electron chi connectivity index (χ4n) is 1.78. The predicted octanol–water partition coefficient (Wildman–Crippen LogP) is 1.31. The van der Waals surface area contributed by atoms with Gasteiger partial charge >= 0.3 is 5.97 Å². The van der Waals surface area contributed by atoms with E-state index in [9.17, 15) is 14.7 Å². The van der Waals surface area contributed by atoms with Crippen LogP contribution in [0.4, 0.5) is 0 Å². The summed E-state index contributed by atoms with van der Waals surface area (Å²) in [6.07, 6.45) is 1.19. The molecule has 1 heterocycles. The molecular weight excluding hydrogens is 260 g/mol. The van der Waals surface area contributed by atoms with E-state index < -0.39 is 18.0 Å². The first-order valence-electron chi connectivity index (χ1n) is 6.34. The number of carbonyl (C=O) groups excluding carboxylic acids is 1. The van der Waals surface area contributed by atoms with Gasteiger partial charge in [-0.1, -0.05) is 20.8 Å². The Morgan fingerprint density at radius 1 is 1.40 bits per heavy atom. The standard InChI is InChI=1S/C14H20N2O4/c1-14(2,3)7-10(17)8-16-12(18)9-4-5-15-11(6-9)13(19)20/h4-6,10,17H,7-8H2,1-3H3,(H,16,18)(H,19,20). The van der Waals surface area contributed by atoms with E-state index in [1.807, 2.05) is 20.8 Å². The van der Waals surface area contributed by atoms with E-state index in [1.54, 1.807) is 0 Å². The van der Waals surface area contributed by atoms with Crippen molar-refractivity contribution in [2.24, 2.45) is 5.41 Å². The molecule has 0 saturated carbocycles. The van der Waals surface area contributed by atoms with Crippen molar-refractivity contribution in [2.75, 3.05) is 6.54 Å². The number of aliphatic hydroxyl groups is 1. The van der Waals surface area contributed by atoms with Crippen LogP contribution in [-0.2, 0) is 0 Å². The van der Waals surface area contributed by atoms with Gasteiger partial charge in [-0.25, -0.2) is 9.78 Å². The first-order chi connectivity index (χ1) is 9.19. The topological polar surface area (TPSA) is 99.5 Å². The highest BCUT2D eigenvalue weighted by Crippen LogP contribution is 2.20. The van der Waals surface area contributed by atoms with Crippen molar-refractivity contribution in [3.63, 3.8) is 0 Å². The Morgan fingerprint density at radius 2 is 2.05 bits per heavy atom. The van der Waals surface area contributed by atoms with Crippen molar-refractivity contribution in [3.05, 3.63) is 29.6 Å². The minimum absolute atomic E-state index is 0.0305. The van der Waals surface area contributed by atoms with Gasteiger partial charge in [-0.3, -0.25) is 4.79 Å². The lowest BCUT2D eigenvalue weighted by molar-refractivity contribution is 0.0690. The van der Waals surface area contributed by atoms with Crippen LogP contribution >= 0.6 is 0 Å². The van der Waals surface area contributed by atoms with Crippen molar-refractivity contribution in [1.82, 2.24) is 10.3 Å². The minimum atomic E-state index is -1.19. The highest BCUT2D eigenvalue weighted by molar-refractivity contribution is 5.96. The van der Waals surface area contributed by atoms with Crippen LogP contribution in [0.25, 0.3) is 0 Å². The van der Waals surface area contributed by atoms with Crippen LogP contribution in [-0.4, -0.2) is 39.7 Å². The van der Waals surface area contributed by atoms with Gasteiger partial charge in [0, 0.05) is 18.3 Å². The molecule has 6 heteroatoms. The second-order valence-electron chi connectivity index (χ2n) is 5.86. The molecule has 6 nitrogen and oxygen atoms in total. The molecular formula is C14H20N2O4. The number of rotatable bonds is 5. The summed E-state index contributed by atoms with van der Waals surface area (Å²) in [5.41, 5.74) is -0.00894. The fraction of sp³-hybridized carbons (Fsp3) is 0.500. The lowest BCUT2D eigenvalue weighted by Crippen LogP contribution is -2.34. The van der Waals surface area contributed by atoms with E-state index >= 15 is 0 Å². The summed E-state index contributed by atoms with van der Waals surface area (Å²) in [6.45, 7) is 6.13. The first-order valence-corrected chi connectivity index (χ1v) is 6.34. The third-order valence-corrected chi connectivity index (χ3v) is 2.59. The molecule has 1 atom stereocenters. The Morgan fingerprint density at radius 3 is 2.60 bits per heavy atom. The lowest BCUT2D eigenvalue weighted by Gasteiger charge is -2.22. The van der Waals surface area contributed by atoms with Gasteiger partial charge in [0.15, 0.2) is 0 Å². The van der Waals surface area contributed by atoms with Crippen molar-refractivity contribution < 1.29 is 19.8 Å². The molecule has 110 valence electrons. The zero-order chi connectivity index (χ0) is 15.3. The van der Waals surface area contributed by atoms with Crippen LogP contribution in [0, 0.1) is 5.41 Å². The fourth-order valence-corrected chi connectivity index (χ4v) is 1.78. The molecule has 20 heavy (non-hydrogen) atoms. The molecule has 0 radical (unpaired) electrons.